The Morgan fingerprint density at radius 2 is 2.07 bits per heavy atom. The molecule has 4 rings (SSSR count). The molecule has 5 heteroatoms. The number of hydrogen-bond donors (Lipinski definition) is 1. The molecule has 0 aromatic heterocycles. The smallest absolute Gasteiger partial charge is 0.412 e. The summed E-state index contributed by atoms with van der Waals surface area (Å²) < 4.78 is 11.5. The van der Waals surface area contributed by atoms with E-state index in [4.69, 9.17) is 9.47 Å². The van der Waals surface area contributed by atoms with Gasteiger partial charge in [-0.3, -0.25) is 4.90 Å². The largest absolute Gasteiger partial charge is 0.493 e. The third kappa shape index (κ3) is 3.14. The summed E-state index contributed by atoms with van der Waals surface area (Å²) in [6.07, 6.45) is 2.65. The lowest BCUT2D eigenvalue weighted by atomic mass is 9.76. The summed E-state index contributed by atoms with van der Waals surface area (Å²) in [6.45, 7) is 6.75. The van der Waals surface area contributed by atoms with Gasteiger partial charge in [-0.1, -0.05) is 31.2 Å². The first-order valence-electron chi connectivity index (χ1n) is 10.2. The maximum absolute atomic E-state index is 12.3. The summed E-state index contributed by atoms with van der Waals surface area (Å²) in [5.41, 5.74) is 6.07. The van der Waals surface area contributed by atoms with E-state index in [9.17, 15) is 4.79 Å². The molecule has 28 heavy (non-hydrogen) atoms. The first kappa shape index (κ1) is 18.8. The second-order valence-electron chi connectivity index (χ2n) is 7.44. The fourth-order valence-electron chi connectivity index (χ4n) is 4.63. The molecule has 0 unspecified atom stereocenters. The van der Waals surface area contributed by atoms with Crippen LogP contribution in [0, 0.1) is 0 Å². The van der Waals surface area contributed by atoms with Gasteiger partial charge < -0.3 is 14.8 Å². The molecule has 0 fully saturated rings. The van der Waals surface area contributed by atoms with E-state index < -0.39 is 6.09 Å². The Bertz CT molecular complexity index is 894. The number of carbonyl (C=O) groups excluding carboxylic acids is 1. The van der Waals surface area contributed by atoms with Crippen molar-refractivity contribution >= 4 is 6.09 Å². The average molecular weight is 380 g/mol. The van der Waals surface area contributed by atoms with Gasteiger partial charge in [0.25, 0.3) is 0 Å². The van der Waals surface area contributed by atoms with Crippen molar-refractivity contribution in [2.45, 2.75) is 39.2 Å². The number of amides is 1. The molecule has 5 nitrogen and oxygen atoms in total. The zero-order valence-corrected chi connectivity index (χ0v) is 16.9. The van der Waals surface area contributed by atoms with Crippen molar-refractivity contribution in [3.05, 3.63) is 47.0 Å². The van der Waals surface area contributed by atoms with Crippen molar-refractivity contribution in [1.29, 1.82) is 0 Å². The molecule has 2 aliphatic rings. The Kier molecular flexibility index (Phi) is 5.27. The highest BCUT2D eigenvalue weighted by Crippen LogP contribution is 2.52. The summed E-state index contributed by atoms with van der Waals surface area (Å²) in [4.78, 5) is 14.9. The molecule has 1 heterocycles. The number of nitrogens with zero attached hydrogens (tertiary/aromatic N) is 1. The highest BCUT2D eigenvalue weighted by atomic mass is 16.6. The van der Waals surface area contributed by atoms with Crippen LogP contribution in [0.2, 0.25) is 0 Å². The number of fused-ring (bicyclic) bond motifs is 2. The number of carbonyl (C=O) groups is 1. The maximum atomic E-state index is 12.3. The van der Waals surface area contributed by atoms with Crippen LogP contribution >= 0.6 is 0 Å². The van der Waals surface area contributed by atoms with E-state index in [-0.39, 0.29) is 0 Å². The summed E-state index contributed by atoms with van der Waals surface area (Å²) >= 11 is 0. The van der Waals surface area contributed by atoms with Gasteiger partial charge in [0, 0.05) is 24.7 Å². The minimum absolute atomic E-state index is 0.316. The van der Waals surface area contributed by atoms with Crippen LogP contribution in [-0.2, 0) is 12.8 Å². The van der Waals surface area contributed by atoms with Crippen LogP contribution in [-0.4, -0.2) is 37.7 Å². The van der Waals surface area contributed by atoms with Crippen molar-refractivity contribution in [1.82, 2.24) is 10.2 Å². The first-order valence-corrected chi connectivity index (χ1v) is 10.2. The van der Waals surface area contributed by atoms with Crippen molar-refractivity contribution in [2.75, 3.05) is 26.7 Å². The molecule has 0 radical (unpaired) electrons. The van der Waals surface area contributed by atoms with Crippen LogP contribution in [0.25, 0.3) is 11.1 Å². The Morgan fingerprint density at radius 1 is 1.25 bits per heavy atom. The monoisotopic (exact) mass is 380 g/mol. The number of ether oxygens (including phenoxy) is 2. The molecule has 148 valence electrons. The van der Waals surface area contributed by atoms with Crippen LogP contribution < -0.4 is 14.8 Å². The van der Waals surface area contributed by atoms with Gasteiger partial charge in [0.2, 0.25) is 0 Å². The Morgan fingerprint density at radius 3 is 2.82 bits per heavy atom. The summed E-state index contributed by atoms with van der Waals surface area (Å²) in [6, 6.07) is 10.8. The molecule has 0 spiro atoms. The van der Waals surface area contributed by atoms with Gasteiger partial charge in [-0.05, 0) is 61.1 Å². The third-order valence-corrected chi connectivity index (χ3v) is 5.76. The molecule has 0 saturated carbocycles. The zero-order chi connectivity index (χ0) is 19.7. The molecule has 0 bridgehead atoms. The SMILES string of the molecule is CCCN1CCc2cc(OC)c(OC(=O)NCC)c3c2[C@H]1Cc1ccccc1-3. The number of hydrogen-bond acceptors (Lipinski definition) is 4. The van der Waals surface area contributed by atoms with E-state index in [1.807, 2.05) is 13.0 Å². The molecule has 1 N–H and O–H groups in total. The standard InChI is InChI=1S/C23H28N2O3/c1-4-11-25-12-10-16-14-19(27-3)22(28-23(26)24-5-2)21-17-9-7-6-8-15(17)13-18(25)20(16)21/h6-9,14,18H,4-5,10-13H2,1-3H3,(H,24,26)/t18-/m1/s1. The van der Waals surface area contributed by atoms with E-state index in [0.29, 0.717) is 24.1 Å². The molecular formula is C23H28N2O3. The molecule has 2 aromatic rings. The lowest BCUT2D eigenvalue weighted by Crippen LogP contribution is -2.39. The number of nitrogens with one attached hydrogen (secondary N) is 1. The molecule has 1 aliphatic carbocycles. The van der Waals surface area contributed by atoms with Gasteiger partial charge in [-0.2, -0.15) is 0 Å². The number of benzene rings is 2. The minimum Gasteiger partial charge on any atom is -0.493 e. The number of methoxy groups -OCH3 is 1. The summed E-state index contributed by atoms with van der Waals surface area (Å²) in [5, 5.41) is 2.73. The predicted octanol–water partition coefficient (Wildman–Crippen LogP) is 4.34. The fraction of sp³-hybridized carbons (Fsp3) is 0.435. The van der Waals surface area contributed by atoms with Gasteiger partial charge in [0.1, 0.15) is 0 Å². The van der Waals surface area contributed by atoms with Gasteiger partial charge in [-0.15, -0.1) is 0 Å². The Hall–Kier alpha value is -2.53. The molecule has 2 aromatic carbocycles. The topological polar surface area (TPSA) is 50.8 Å². The van der Waals surface area contributed by atoms with Gasteiger partial charge >= 0.3 is 6.09 Å². The van der Waals surface area contributed by atoms with Crippen LogP contribution in [0.15, 0.2) is 30.3 Å². The van der Waals surface area contributed by atoms with Crippen molar-refractivity contribution in [2.24, 2.45) is 0 Å². The van der Waals surface area contributed by atoms with Gasteiger partial charge in [-0.25, -0.2) is 4.79 Å². The molecule has 0 saturated heterocycles. The van der Waals surface area contributed by atoms with E-state index >= 15 is 0 Å². The predicted molar refractivity (Wildman–Crippen MR) is 110 cm³/mol. The van der Waals surface area contributed by atoms with Crippen LogP contribution in [0.5, 0.6) is 11.5 Å². The van der Waals surface area contributed by atoms with Crippen LogP contribution in [0.1, 0.15) is 43.0 Å². The molecule has 1 aliphatic heterocycles. The van der Waals surface area contributed by atoms with E-state index in [1.165, 1.54) is 16.7 Å². The normalized spacial score (nSPS) is 17.5. The molecular weight excluding hydrogens is 352 g/mol. The summed E-state index contributed by atoms with van der Waals surface area (Å²) in [5.74, 6) is 1.15. The Balaban J connectivity index is 1.94. The van der Waals surface area contributed by atoms with Crippen LogP contribution in [0.3, 0.4) is 0 Å². The maximum Gasteiger partial charge on any atom is 0.412 e. The van der Waals surface area contributed by atoms with Crippen molar-refractivity contribution in [3.63, 3.8) is 0 Å². The lowest BCUT2D eigenvalue weighted by Gasteiger charge is -2.42. The quantitative estimate of drug-likeness (QED) is 0.839. The lowest BCUT2D eigenvalue weighted by molar-refractivity contribution is 0.181. The third-order valence-electron chi connectivity index (χ3n) is 5.76. The fourth-order valence-corrected chi connectivity index (χ4v) is 4.63. The second-order valence-corrected chi connectivity index (χ2v) is 7.44. The van der Waals surface area contributed by atoms with E-state index in [0.717, 1.165) is 43.5 Å². The van der Waals surface area contributed by atoms with E-state index in [2.05, 4.69) is 41.4 Å². The van der Waals surface area contributed by atoms with Gasteiger partial charge in [0.15, 0.2) is 11.5 Å². The minimum atomic E-state index is -0.446. The molecule has 1 amide bonds. The Labute approximate surface area is 166 Å². The average Bonchev–Trinajstić information content (AvgIpc) is 2.71. The van der Waals surface area contributed by atoms with Crippen LogP contribution in [0.4, 0.5) is 4.79 Å². The second kappa shape index (κ2) is 7.84. The summed E-state index contributed by atoms with van der Waals surface area (Å²) in [7, 11) is 1.64. The first-order chi connectivity index (χ1) is 13.7. The van der Waals surface area contributed by atoms with E-state index in [1.54, 1.807) is 7.11 Å². The highest BCUT2D eigenvalue weighted by molar-refractivity contribution is 5.86. The highest BCUT2D eigenvalue weighted by Gasteiger charge is 2.37. The van der Waals surface area contributed by atoms with Crippen molar-refractivity contribution < 1.29 is 14.3 Å². The van der Waals surface area contributed by atoms with Crippen molar-refractivity contribution in [3.8, 4) is 22.6 Å². The van der Waals surface area contributed by atoms with Gasteiger partial charge in [0.05, 0.1) is 7.11 Å². The number of rotatable bonds is 5. The molecule has 1 atom stereocenters. The zero-order valence-electron chi connectivity index (χ0n) is 16.9.